The summed E-state index contributed by atoms with van der Waals surface area (Å²) in [5, 5.41) is 2.24. The molecule has 1 aliphatic heterocycles. The summed E-state index contributed by atoms with van der Waals surface area (Å²) >= 11 is 3.50. The van der Waals surface area contributed by atoms with Crippen LogP contribution in [0.25, 0.3) is 6.08 Å². The van der Waals surface area contributed by atoms with Crippen LogP contribution in [0.2, 0.25) is 0 Å². The zero-order chi connectivity index (χ0) is 24.9. The predicted octanol–water partition coefficient (Wildman–Crippen LogP) is 5.27. The van der Waals surface area contributed by atoms with E-state index in [4.69, 9.17) is 9.47 Å². The fraction of sp³-hybridized carbons (Fsp3) is 0.148. The molecule has 1 N–H and O–H groups in total. The average molecular weight is 535 g/mol. The number of benzene rings is 3. The molecule has 0 atom stereocenters. The number of halogens is 1. The maximum Gasteiger partial charge on any atom is 0.335 e. The van der Waals surface area contributed by atoms with E-state index in [2.05, 4.69) is 21.2 Å². The Morgan fingerprint density at radius 2 is 1.71 bits per heavy atom. The molecule has 0 saturated carbocycles. The summed E-state index contributed by atoms with van der Waals surface area (Å²) in [7, 11) is 1.51. The van der Waals surface area contributed by atoms with Gasteiger partial charge in [0.05, 0.1) is 12.8 Å². The molecule has 4 amide bonds. The number of rotatable bonds is 7. The highest BCUT2D eigenvalue weighted by atomic mass is 79.9. The molecule has 35 heavy (non-hydrogen) atoms. The lowest BCUT2D eigenvalue weighted by molar-refractivity contribution is -0.122. The minimum absolute atomic E-state index is 0.159. The number of barbiturate groups is 1. The molecule has 3 aromatic carbocycles. The number of hydrogen-bond acceptors (Lipinski definition) is 5. The van der Waals surface area contributed by atoms with Crippen molar-refractivity contribution >= 4 is 45.5 Å². The van der Waals surface area contributed by atoms with Gasteiger partial charge in [-0.1, -0.05) is 59.3 Å². The van der Waals surface area contributed by atoms with Gasteiger partial charge in [-0.2, -0.15) is 0 Å². The standard InChI is InChI=1S/C27H23BrN2O5/c1-3-17-8-11-20(12-9-17)30-26(32)21(25(31)29-27(30)33)14-18-10-13-23(24(15-18)34-2)35-16-19-6-4-5-7-22(19)28/h4-15H,3,16H2,1-2H3,(H,29,31,33)/b21-14+. The first-order valence-electron chi connectivity index (χ1n) is 11.0. The minimum atomic E-state index is -0.783. The Bertz CT molecular complexity index is 1320. The third-order valence-electron chi connectivity index (χ3n) is 5.54. The number of ether oxygens (including phenoxy) is 2. The Morgan fingerprint density at radius 1 is 0.971 bits per heavy atom. The second-order valence-corrected chi connectivity index (χ2v) is 8.62. The van der Waals surface area contributed by atoms with Gasteiger partial charge in [0.2, 0.25) is 0 Å². The van der Waals surface area contributed by atoms with Crippen LogP contribution in [0.1, 0.15) is 23.6 Å². The van der Waals surface area contributed by atoms with Crippen LogP contribution >= 0.6 is 15.9 Å². The van der Waals surface area contributed by atoms with Crippen LogP contribution in [0.15, 0.2) is 76.8 Å². The number of amides is 4. The number of carbonyl (C=O) groups is 3. The van der Waals surface area contributed by atoms with E-state index in [1.165, 1.54) is 13.2 Å². The molecule has 178 valence electrons. The molecule has 0 radical (unpaired) electrons. The molecule has 1 saturated heterocycles. The van der Waals surface area contributed by atoms with Gasteiger partial charge in [0, 0.05) is 10.0 Å². The van der Waals surface area contributed by atoms with E-state index in [0.29, 0.717) is 29.4 Å². The molecule has 3 aromatic rings. The monoisotopic (exact) mass is 534 g/mol. The number of nitrogens with one attached hydrogen (secondary N) is 1. The Kier molecular flexibility index (Phi) is 7.31. The van der Waals surface area contributed by atoms with E-state index in [9.17, 15) is 14.4 Å². The SMILES string of the molecule is CCc1ccc(N2C(=O)NC(=O)/C(=C\c3ccc(OCc4ccccc4Br)c(OC)c3)C2=O)cc1. The summed E-state index contributed by atoms with van der Waals surface area (Å²) < 4.78 is 12.3. The van der Waals surface area contributed by atoms with Gasteiger partial charge in [0.1, 0.15) is 12.2 Å². The Hall–Kier alpha value is -3.91. The first-order valence-corrected chi connectivity index (χ1v) is 11.7. The molecule has 0 unspecified atom stereocenters. The van der Waals surface area contributed by atoms with E-state index in [1.54, 1.807) is 30.3 Å². The lowest BCUT2D eigenvalue weighted by Crippen LogP contribution is -2.54. The van der Waals surface area contributed by atoms with E-state index in [1.807, 2.05) is 43.3 Å². The summed E-state index contributed by atoms with van der Waals surface area (Å²) in [5.41, 5.74) is 2.82. The number of urea groups is 1. The number of aryl methyl sites for hydroxylation is 1. The molecule has 0 aliphatic carbocycles. The van der Waals surface area contributed by atoms with Crippen LogP contribution in [0.3, 0.4) is 0 Å². The predicted molar refractivity (Wildman–Crippen MR) is 136 cm³/mol. The van der Waals surface area contributed by atoms with Crippen LogP contribution in [0.4, 0.5) is 10.5 Å². The fourth-order valence-electron chi connectivity index (χ4n) is 3.60. The molecule has 1 fully saturated rings. The van der Waals surface area contributed by atoms with Crippen molar-refractivity contribution in [2.45, 2.75) is 20.0 Å². The van der Waals surface area contributed by atoms with Crippen molar-refractivity contribution in [2.75, 3.05) is 12.0 Å². The second kappa shape index (κ2) is 10.6. The van der Waals surface area contributed by atoms with E-state index >= 15 is 0 Å². The van der Waals surface area contributed by atoms with Crippen molar-refractivity contribution in [1.82, 2.24) is 5.32 Å². The Balaban J connectivity index is 1.59. The van der Waals surface area contributed by atoms with Crippen LogP contribution in [-0.4, -0.2) is 25.0 Å². The summed E-state index contributed by atoms with van der Waals surface area (Å²) in [6.45, 7) is 2.34. The zero-order valence-corrected chi connectivity index (χ0v) is 20.8. The Morgan fingerprint density at radius 3 is 2.40 bits per heavy atom. The van der Waals surface area contributed by atoms with E-state index < -0.39 is 17.8 Å². The first kappa shape index (κ1) is 24.2. The van der Waals surface area contributed by atoms with Crippen molar-refractivity contribution in [3.05, 3.63) is 93.5 Å². The fourth-order valence-corrected chi connectivity index (χ4v) is 4.00. The number of nitrogens with zero attached hydrogens (tertiary/aromatic N) is 1. The second-order valence-electron chi connectivity index (χ2n) is 7.77. The van der Waals surface area contributed by atoms with Gasteiger partial charge < -0.3 is 9.47 Å². The number of methoxy groups -OCH3 is 1. The largest absolute Gasteiger partial charge is 0.493 e. The summed E-state index contributed by atoms with van der Waals surface area (Å²) in [6, 6.07) is 19.1. The maximum absolute atomic E-state index is 13.1. The van der Waals surface area contributed by atoms with Gasteiger partial charge in [-0.3, -0.25) is 14.9 Å². The highest BCUT2D eigenvalue weighted by Crippen LogP contribution is 2.31. The molecule has 7 nitrogen and oxygen atoms in total. The average Bonchev–Trinajstić information content (AvgIpc) is 2.86. The molecule has 0 spiro atoms. The molecular formula is C27H23BrN2O5. The molecule has 0 bridgehead atoms. The number of hydrogen-bond donors (Lipinski definition) is 1. The first-order chi connectivity index (χ1) is 16.9. The quantitative estimate of drug-likeness (QED) is 0.330. The highest BCUT2D eigenvalue weighted by Gasteiger charge is 2.36. The molecule has 8 heteroatoms. The molecule has 0 aromatic heterocycles. The topological polar surface area (TPSA) is 84.9 Å². The van der Waals surface area contributed by atoms with Gasteiger partial charge in [-0.15, -0.1) is 0 Å². The minimum Gasteiger partial charge on any atom is -0.493 e. The van der Waals surface area contributed by atoms with Crippen molar-refractivity contribution in [1.29, 1.82) is 0 Å². The third-order valence-corrected chi connectivity index (χ3v) is 6.32. The van der Waals surface area contributed by atoms with Crippen LogP contribution in [0, 0.1) is 0 Å². The summed E-state index contributed by atoms with van der Waals surface area (Å²) in [6.07, 6.45) is 2.26. The van der Waals surface area contributed by atoms with Crippen molar-refractivity contribution < 1.29 is 23.9 Å². The van der Waals surface area contributed by atoms with Gasteiger partial charge in [0.25, 0.3) is 11.8 Å². The van der Waals surface area contributed by atoms with Crippen LogP contribution in [0.5, 0.6) is 11.5 Å². The van der Waals surface area contributed by atoms with Crippen molar-refractivity contribution in [2.24, 2.45) is 0 Å². The lowest BCUT2D eigenvalue weighted by Gasteiger charge is -2.26. The number of imide groups is 2. The molecular weight excluding hydrogens is 512 g/mol. The van der Waals surface area contributed by atoms with E-state index in [0.717, 1.165) is 26.9 Å². The summed E-state index contributed by atoms with van der Waals surface area (Å²) in [4.78, 5) is 39.0. The number of carbonyl (C=O) groups excluding carboxylic acids is 3. The normalized spacial score (nSPS) is 14.8. The summed E-state index contributed by atoms with van der Waals surface area (Å²) in [5.74, 6) is -0.498. The number of anilines is 1. The van der Waals surface area contributed by atoms with Crippen molar-refractivity contribution in [3.63, 3.8) is 0 Å². The van der Waals surface area contributed by atoms with Crippen molar-refractivity contribution in [3.8, 4) is 11.5 Å². The van der Waals surface area contributed by atoms with Crippen LogP contribution in [-0.2, 0) is 22.6 Å². The van der Waals surface area contributed by atoms with Crippen LogP contribution < -0.4 is 19.7 Å². The van der Waals surface area contributed by atoms with Gasteiger partial charge >= 0.3 is 6.03 Å². The lowest BCUT2D eigenvalue weighted by atomic mass is 10.1. The van der Waals surface area contributed by atoms with Gasteiger partial charge in [-0.25, -0.2) is 9.69 Å². The van der Waals surface area contributed by atoms with E-state index in [-0.39, 0.29) is 5.57 Å². The Labute approximate surface area is 211 Å². The highest BCUT2D eigenvalue weighted by molar-refractivity contribution is 9.10. The van der Waals surface area contributed by atoms with Gasteiger partial charge in [-0.05, 0) is 54.0 Å². The third kappa shape index (κ3) is 5.27. The maximum atomic E-state index is 13.1. The molecule has 4 rings (SSSR count). The zero-order valence-electron chi connectivity index (χ0n) is 19.2. The molecule has 1 heterocycles. The molecule has 1 aliphatic rings. The smallest absolute Gasteiger partial charge is 0.335 e. The van der Waals surface area contributed by atoms with Gasteiger partial charge in [0.15, 0.2) is 11.5 Å².